The van der Waals surface area contributed by atoms with Crippen molar-refractivity contribution in [3.63, 3.8) is 0 Å². The van der Waals surface area contributed by atoms with Crippen molar-refractivity contribution in [2.45, 2.75) is 367 Å². The van der Waals surface area contributed by atoms with Gasteiger partial charge in [-0.3, -0.25) is 18.6 Å². The lowest BCUT2D eigenvalue weighted by atomic mass is 10.0. The van der Waals surface area contributed by atoms with Gasteiger partial charge in [0.1, 0.15) is 6.61 Å². The molecule has 0 aromatic heterocycles. The summed E-state index contributed by atoms with van der Waals surface area (Å²) in [6.45, 7) is 3.55. The van der Waals surface area contributed by atoms with E-state index in [0.29, 0.717) is 6.42 Å². The van der Waals surface area contributed by atoms with Crippen molar-refractivity contribution in [2.24, 2.45) is 5.73 Å². The monoisotopic (exact) mass is 1370 g/mol. The number of ether oxygens (including phenoxy) is 2. The van der Waals surface area contributed by atoms with Crippen LogP contribution in [0.3, 0.4) is 0 Å². The Kier molecular flexibility index (Phi) is 77.4. The van der Waals surface area contributed by atoms with Crippen LogP contribution in [-0.4, -0.2) is 49.3 Å². The molecule has 97 heavy (non-hydrogen) atoms. The van der Waals surface area contributed by atoms with E-state index in [4.69, 9.17) is 24.3 Å². The molecule has 0 aliphatic rings. The maximum absolute atomic E-state index is 12.8. The molecule has 0 heterocycles. The van der Waals surface area contributed by atoms with E-state index in [0.717, 1.165) is 116 Å². The number of hydrogen-bond acceptors (Lipinski definition) is 8. The van der Waals surface area contributed by atoms with Crippen molar-refractivity contribution in [1.29, 1.82) is 0 Å². The fraction of sp³-hybridized carbons (Fsp3) is 0.701. The first-order valence-corrected chi connectivity index (χ1v) is 41.8. The average molecular weight is 1370 g/mol. The van der Waals surface area contributed by atoms with Gasteiger partial charge in [0.05, 0.1) is 13.2 Å². The summed E-state index contributed by atoms with van der Waals surface area (Å²) in [5.74, 6) is -0.816. The van der Waals surface area contributed by atoms with E-state index >= 15 is 0 Å². The van der Waals surface area contributed by atoms with E-state index in [2.05, 4.69) is 160 Å². The summed E-state index contributed by atoms with van der Waals surface area (Å²) in [7, 11) is -4.40. The Hall–Kier alpha value is -4.11. The molecule has 0 aromatic rings. The molecule has 0 aromatic carbocycles. The molecular weight excluding hydrogens is 1220 g/mol. The van der Waals surface area contributed by atoms with Gasteiger partial charge in [-0.15, -0.1) is 0 Å². The first kappa shape index (κ1) is 92.9. The van der Waals surface area contributed by atoms with Crippen LogP contribution in [0, 0.1) is 0 Å². The van der Waals surface area contributed by atoms with Gasteiger partial charge < -0.3 is 20.1 Å². The van der Waals surface area contributed by atoms with Gasteiger partial charge in [0.25, 0.3) is 0 Å². The fourth-order valence-electron chi connectivity index (χ4n) is 11.4. The van der Waals surface area contributed by atoms with E-state index in [1.165, 1.54) is 212 Å². The van der Waals surface area contributed by atoms with E-state index < -0.39 is 26.5 Å². The molecule has 0 aliphatic carbocycles. The summed E-state index contributed by atoms with van der Waals surface area (Å²) in [6.07, 6.45) is 117. The molecule has 0 rings (SSSR count). The van der Waals surface area contributed by atoms with E-state index in [1.807, 2.05) is 0 Å². The zero-order valence-corrected chi connectivity index (χ0v) is 63.7. The van der Waals surface area contributed by atoms with Crippen molar-refractivity contribution in [1.82, 2.24) is 0 Å². The summed E-state index contributed by atoms with van der Waals surface area (Å²) in [5, 5.41) is 0. The van der Waals surface area contributed by atoms with Gasteiger partial charge in [-0.2, -0.15) is 0 Å². The zero-order chi connectivity index (χ0) is 70.0. The summed E-state index contributed by atoms with van der Waals surface area (Å²) in [6, 6.07) is 0. The Bertz CT molecular complexity index is 2110. The van der Waals surface area contributed by atoms with Gasteiger partial charge in [-0.25, -0.2) is 4.57 Å². The van der Waals surface area contributed by atoms with Crippen LogP contribution >= 0.6 is 7.82 Å². The topological polar surface area (TPSA) is 134 Å². The second kappa shape index (κ2) is 80.9. The smallest absolute Gasteiger partial charge is 0.462 e. The molecule has 2 unspecified atom stereocenters. The first-order chi connectivity index (χ1) is 47.8. The summed E-state index contributed by atoms with van der Waals surface area (Å²) < 4.78 is 33.3. The highest BCUT2D eigenvalue weighted by Crippen LogP contribution is 2.43. The predicted molar refractivity (Wildman–Crippen MR) is 422 cm³/mol. The molecule has 9 nitrogen and oxygen atoms in total. The van der Waals surface area contributed by atoms with Gasteiger partial charge >= 0.3 is 19.8 Å². The molecule has 0 saturated carbocycles. The van der Waals surface area contributed by atoms with Gasteiger partial charge in [-0.1, -0.05) is 378 Å². The van der Waals surface area contributed by atoms with Crippen molar-refractivity contribution in [3.8, 4) is 0 Å². The minimum absolute atomic E-state index is 0.0509. The van der Waals surface area contributed by atoms with E-state index in [1.54, 1.807) is 0 Å². The number of carbonyl (C=O) groups is 2. The second-order valence-electron chi connectivity index (χ2n) is 26.5. The molecule has 2 atom stereocenters. The highest BCUT2D eigenvalue weighted by atomic mass is 31.2. The van der Waals surface area contributed by atoms with Crippen molar-refractivity contribution in [3.05, 3.63) is 146 Å². The second-order valence-corrected chi connectivity index (χ2v) is 28.0. The molecule has 0 bridgehead atoms. The maximum Gasteiger partial charge on any atom is 0.472 e. The highest BCUT2D eigenvalue weighted by molar-refractivity contribution is 7.47. The molecule has 3 N–H and O–H groups in total. The number of carbonyl (C=O) groups excluding carboxylic acids is 2. The SMILES string of the molecule is CC/C=C\C/C=C\C/C=C\C/C=C\C/C=C\C/C=C\CCCCCCCCCCCCCCCCCCCCCCC(=O)OC(COC(=O)CCCCCCCCCCCCCCCCCCCC/C=C\C/C=C\C/C=C\C/C=C\C/C=C\C/C=C\CC)COP(=O)(O)OCCN. The molecule has 0 radical (unpaired) electrons. The van der Waals surface area contributed by atoms with E-state index in [-0.39, 0.29) is 38.6 Å². The molecule has 0 aliphatic heterocycles. The summed E-state index contributed by atoms with van der Waals surface area (Å²) in [5.41, 5.74) is 5.42. The van der Waals surface area contributed by atoms with Crippen molar-refractivity contribution in [2.75, 3.05) is 26.4 Å². The minimum atomic E-state index is -4.40. The van der Waals surface area contributed by atoms with Crippen LogP contribution in [0.2, 0.25) is 0 Å². The summed E-state index contributed by atoms with van der Waals surface area (Å²) in [4.78, 5) is 35.5. The molecule has 0 saturated heterocycles. The van der Waals surface area contributed by atoms with Crippen LogP contribution in [0.15, 0.2) is 146 Å². The molecule has 0 amide bonds. The Morgan fingerprint density at radius 3 is 0.794 bits per heavy atom. The number of rotatable bonds is 75. The minimum Gasteiger partial charge on any atom is -0.462 e. The van der Waals surface area contributed by atoms with E-state index in [9.17, 15) is 19.0 Å². The maximum atomic E-state index is 12.8. The lowest BCUT2D eigenvalue weighted by Gasteiger charge is -2.19. The Morgan fingerprint density at radius 2 is 0.536 bits per heavy atom. The number of phosphoric acid groups is 1. The number of nitrogens with two attached hydrogens (primary N) is 1. The zero-order valence-electron chi connectivity index (χ0n) is 62.8. The van der Waals surface area contributed by atoms with Gasteiger partial charge in [0, 0.05) is 19.4 Å². The molecule has 10 heteroatoms. The molecule has 556 valence electrons. The Labute approximate surface area is 598 Å². The number of unbranched alkanes of at least 4 members (excludes halogenated alkanes) is 38. The normalized spacial score (nSPS) is 13.6. The van der Waals surface area contributed by atoms with Crippen LogP contribution in [-0.2, 0) is 32.7 Å². The fourth-order valence-corrected chi connectivity index (χ4v) is 12.1. The number of phosphoric ester groups is 1. The van der Waals surface area contributed by atoms with Gasteiger partial charge in [-0.05, 0) is 116 Å². The van der Waals surface area contributed by atoms with Gasteiger partial charge in [0.2, 0.25) is 0 Å². The largest absolute Gasteiger partial charge is 0.472 e. The third kappa shape index (κ3) is 80.8. The number of allylic oxidation sites excluding steroid dienone is 24. The number of hydrogen-bond donors (Lipinski definition) is 2. The third-order valence-corrected chi connectivity index (χ3v) is 18.2. The quantitative estimate of drug-likeness (QED) is 0.0264. The van der Waals surface area contributed by atoms with Crippen molar-refractivity contribution < 1.29 is 37.6 Å². The Morgan fingerprint density at radius 1 is 0.309 bits per heavy atom. The third-order valence-electron chi connectivity index (χ3n) is 17.2. The van der Waals surface area contributed by atoms with Crippen molar-refractivity contribution >= 4 is 19.8 Å². The summed E-state index contributed by atoms with van der Waals surface area (Å²) >= 11 is 0. The standard InChI is InChI=1S/C87H150NO8P/c1-3-5-7-9-11-13-15-17-19-21-23-25-27-29-31-33-35-37-39-41-42-44-46-48-50-52-54-56-58-60-62-64-66-68-70-72-74-76-78-80-87(90)96-85(84-95-97(91,92)94-82-81-88)83-93-86(89)79-77-75-73-71-69-67-65-63-61-59-57-55-53-51-49-47-45-43-40-38-36-34-32-30-28-26-24-22-20-18-16-14-12-10-8-6-4-2/h5-8,11-14,17-20,23-26,29-32,35-38,85H,3-4,9-10,15-16,21-22,27-28,33-34,39-84,88H2,1-2H3,(H,91,92)/b7-5-,8-6-,13-11-,14-12-,19-17-,20-18-,25-23-,26-24-,31-29-,32-30-,37-35-,38-36-. The number of esters is 2. The predicted octanol–water partition coefficient (Wildman–Crippen LogP) is 27.3. The highest BCUT2D eigenvalue weighted by Gasteiger charge is 2.26. The average Bonchev–Trinajstić information content (AvgIpc) is 2.88. The van der Waals surface area contributed by atoms with Gasteiger partial charge in [0.15, 0.2) is 6.10 Å². The first-order valence-electron chi connectivity index (χ1n) is 40.3. The molecular formula is C87H150NO8P. The van der Waals surface area contributed by atoms with Crippen LogP contribution < -0.4 is 5.73 Å². The lowest BCUT2D eigenvalue weighted by Crippen LogP contribution is -2.29. The van der Waals surface area contributed by atoms with Crippen LogP contribution in [0.1, 0.15) is 361 Å². The molecule has 0 fully saturated rings. The lowest BCUT2D eigenvalue weighted by molar-refractivity contribution is -0.161. The van der Waals surface area contributed by atoms with Crippen LogP contribution in [0.4, 0.5) is 0 Å². The molecule has 0 spiro atoms. The Balaban J connectivity index is 3.81. The van der Waals surface area contributed by atoms with Crippen LogP contribution in [0.25, 0.3) is 0 Å². The van der Waals surface area contributed by atoms with Crippen LogP contribution in [0.5, 0.6) is 0 Å².